The van der Waals surface area contributed by atoms with Crippen LogP contribution in [0.15, 0.2) is 42.5 Å². The van der Waals surface area contributed by atoms with Gasteiger partial charge in [0.2, 0.25) is 0 Å². The minimum atomic E-state index is -1.13. The van der Waals surface area contributed by atoms with Gasteiger partial charge < -0.3 is 15.2 Å². The second kappa shape index (κ2) is 7.41. The minimum Gasteiger partial charge on any atom is -0.483 e. The Bertz CT molecular complexity index is 798. The number of ether oxygens (including phenoxy) is 1. The van der Waals surface area contributed by atoms with Crippen molar-refractivity contribution in [3.8, 4) is 5.75 Å². The van der Waals surface area contributed by atoms with Crippen LogP contribution >= 0.6 is 0 Å². The number of ketones is 1. The molecule has 0 heterocycles. The van der Waals surface area contributed by atoms with Crippen LogP contribution in [-0.4, -0.2) is 29.4 Å². The average Bonchev–Trinajstić information content (AvgIpc) is 2.53. The fourth-order valence-corrected chi connectivity index (χ4v) is 2.08. The Morgan fingerprint density at radius 1 is 1.12 bits per heavy atom. The monoisotopic (exact) mass is 327 g/mol. The van der Waals surface area contributed by atoms with Gasteiger partial charge in [-0.15, -0.1) is 0 Å². The highest BCUT2D eigenvalue weighted by atomic mass is 16.5. The first-order chi connectivity index (χ1) is 11.4. The lowest BCUT2D eigenvalue weighted by atomic mass is 10.1. The molecular formula is C18H17NO5. The van der Waals surface area contributed by atoms with Crippen molar-refractivity contribution >= 4 is 23.3 Å². The molecule has 2 rings (SSSR count). The third-order valence-electron chi connectivity index (χ3n) is 3.28. The van der Waals surface area contributed by atoms with E-state index in [1.54, 1.807) is 43.3 Å². The zero-order chi connectivity index (χ0) is 17.7. The molecule has 24 heavy (non-hydrogen) atoms. The smallest absolute Gasteiger partial charge is 0.339 e. The van der Waals surface area contributed by atoms with Crippen molar-refractivity contribution in [2.24, 2.45) is 0 Å². The van der Waals surface area contributed by atoms with Crippen molar-refractivity contribution in [1.82, 2.24) is 0 Å². The molecule has 0 aliphatic carbocycles. The van der Waals surface area contributed by atoms with E-state index in [0.29, 0.717) is 11.3 Å². The summed E-state index contributed by atoms with van der Waals surface area (Å²) >= 11 is 0. The highest BCUT2D eigenvalue weighted by Crippen LogP contribution is 2.20. The molecule has 0 bridgehead atoms. The van der Waals surface area contributed by atoms with Crippen molar-refractivity contribution in [3.05, 3.63) is 59.2 Å². The zero-order valence-electron chi connectivity index (χ0n) is 13.3. The number of anilines is 1. The SMILES string of the molecule is CC(=O)c1cccc(NC(=O)COc2cc(C)ccc2C(=O)O)c1. The van der Waals surface area contributed by atoms with Crippen LogP contribution in [-0.2, 0) is 4.79 Å². The Morgan fingerprint density at radius 3 is 2.54 bits per heavy atom. The van der Waals surface area contributed by atoms with Gasteiger partial charge in [-0.25, -0.2) is 4.79 Å². The molecule has 2 N–H and O–H groups in total. The molecule has 124 valence electrons. The molecule has 0 fully saturated rings. The van der Waals surface area contributed by atoms with Crippen LogP contribution in [0.5, 0.6) is 5.75 Å². The lowest BCUT2D eigenvalue weighted by molar-refractivity contribution is -0.118. The topological polar surface area (TPSA) is 92.7 Å². The van der Waals surface area contributed by atoms with Gasteiger partial charge >= 0.3 is 5.97 Å². The lowest BCUT2D eigenvalue weighted by Gasteiger charge is -2.11. The third kappa shape index (κ3) is 4.42. The normalized spacial score (nSPS) is 10.1. The van der Waals surface area contributed by atoms with Gasteiger partial charge in [-0.1, -0.05) is 18.2 Å². The van der Waals surface area contributed by atoms with E-state index in [4.69, 9.17) is 9.84 Å². The first-order valence-electron chi connectivity index (χ1n) is 7.24. The molecule has 0 saturated carbocycles. The second-order valence-electron chi connectivity index (χ2n) is 5.28. The summed E-state index contributed by atoms with van der Waals surface area (Å²) in [5.74, 6) is -1.54. The number of amides is 1. The summed E-state index contributed by atoms with van der Waals surface area (Å²) in [6, 6.07) is 11.2. The van der Waals surface area contributed by atoms with Gasteiger partial charge in [0.25, 0.3) is 5.91 Å². The van der Waals surface area contributed by atoms with E-state index >= 15 is 0 Å². The maximum absolute atomic E-state index is 12.0. The Morgan fingerprint density at radius 2 is 1.88 bits per heavy atom. The molecule has 0 aromatic heterocycles. The Hall–Kier alpha value is -3.15. The number of carboxylic acid groups (broad SMARTS) is 1. The Labute approximate surface area is 139 Å². The molecule has 0 aliphatic rings. The summed E-state index contributed by atoms with van der Waals surface area (Å²) < 4.78 is 5.33. The molecule has 2 aromatic rings. The van der Waals surface area contributed by atoms with Gasteiger partial charge in [-0.3, -0.25) is 9.59 Å². The van der Waals surface area contributed by atoms with Crippen LogP contribution in [0, 0.1) is 6.92 Å². The fraction of sp³-hybridized carbons (Fsp3) is 0.167. The predicted molar refractivity (Wildman–Crippen MR) is 88.7 cm³/mol. The molecule has 0 aliphatic heterocycles. The maximum Gasteiger partial charge on any atom is 0.339 e. The van der Waals surface area contributed by atoms with Gasteiger partial charge in [0.15, 0.2) is 12.4 Å². The molecule has 2 aromatic carbocycles. The predicted octanol–water partition coefficient (Wildman–Crippen LogP) is 2.91. The van der Waals surface area contributed by atoms with Crippen LogP contribution < -0.4 is 10.1 Å². The van der Waals surface area contributed by atoms with E-state index in [1.807, 2.05) is 0 Å². The molecule has 0 spiro atoms. The van der Waals surface area contributed by atoms with Crippen LogP contribution in [0.4, 0.5) is 5.69 Å². The van der Waals surface area contributed by atoms with Crippen LogP contribution in [0.1, 0.15) is 33.2 Å². The molecule has 1 amide bonds. The number of rotatable bonds is 6. The first kappa shape index (κ1) is 17.2. The fourth-order valence-electron chi connectivity index (χ4n) is 2.08. The largest absolute Gasteiger partial charge is 0.483 e. The molecule has 6 heteroatoms. The number of aryl methyl sites for hydroxylation is 1. The van der Waals surface area contributed by atoms with Gasteiger partial charge in [-0.2, -0.15) is 0 Å². The molecular weight excluding hydrogens is 310 g/mol. The van der Waals surface area contributed by atoms with Crippen LogP contribution in [0.2, 0.25) is 0 Å². The number of Topliss-reactive ketones (excluding diaryl/α,β-unsaturated/α-hetero) is 1. The quantitative estimate of drug-likeness (QED) is 0.796. The average molecular weight is 327 g/mol. The number of carbonyl (C=O) groups is 3. The summed E-state index contributed by atoms with van der Waals surface area (Å²) in [5, 5.41) is 11.7. The summed E-state index contributed by atoms with van der Waals surface area (Å²) in [5.41, 5.74) is 1.77. The summed E-state index contributed by atoms with van der Waals surface area (Å²) in [6.07, 6.45) is 0. The molecule has 0 saturated heterocycles. The molecule has 0 unspecified atom stereocenters. The highest BCUT2D eigenvalue weighted by Gasteiger charge is 2.13. The van der Waals surface area contributed by atoms with Gasteiger partial charge in [0, 0.05) is 11.3 Å². The van der Waals surface area contributed by atoms with Crippen LogP contribution in [0.25, 0.3) is 0 Å². The first-order valence-corrected chi connectivity index (χ1v) is 7.24. The van der Waals surface area contributed by atoms with E-state index in [1.165, 1.54) is 13.0 Å². The van der Waals surface area contributed by atoms with E-state index in [9.17, 15) is 14.4 Å². The van der Waals surface area contributed by atoms with Crippen molar-refractivity contribution in [2.45, 2.75) is 13.8 Å². The van der Waals surface area contributed by atoms with Gasteiger partial charge in [-0.05, 0) is 43.7 Å². The number of hydrogen-bond donors (Lipinski definition) is 2. The van der Waals surface area contributed by atoms with Gasteiger partial charge in [0.1, 0.15) is 11.3 Å². The third-order valence-corrected chi connectivity index (χ3v) is 3.28. The standard InChI is InChI=1S/C18H17NO5/c1-11-6-7-15(18(22)23)16(8-11)24-10-17(21)19-14-5-3-4-13(9-14)12(2)20/h3-9H,10H2,1-2H3,(H,19,21)(H,22,23). The maximum atomic E-state index is 12.0. The number of hydrogen-bond acceptors (Lipinski definition) is 4. The summed E-state index contributed by atoms with van der Waals surface area (Å²) in [4.78, 5) is 34.5. The van der Waals surface area contributed by atoms with Crippen molar-refractivity contribution < 1.29 is 24.2 Å². The number of nitrogens with one attached hydrogen (secondary N) is 1. The number of carbonyl (C=O) groups excluding carboxylic acids is 2. The minimum absolute atomic E-state index is 0.00743. The zero-order valence-corrected chi connectivity index (χ0v) is 13.3. The second-order valence-corrected chi connectivity index (χ2v) is 5.28. The van der Waals surface area contributed by atoms with Crippen molar-refractivity contribution in [1.29, 1.82) is 0 Å². The number of carboxylic acids is 1. The molecule has 0 atom stereocenters. The van der Waals surface area contributed by atoms with Crippen LogP contribution in [0.3, 0.4) is 0 Å². The molecule has 0 radical (unpaired) electrons. The number of benzene rings is 2. The van der Waals surface area contributed by atoms with E-state index in [0.717, 1.165) is 5.56 Å². The summed E-state index contributed by atoms with van der Waals surface area (Å²) in [6.45, 7) is 2.90. The van der Waals surface area contributed by atoms with Gasteiger partial charge in [0.05, 0.1) is 0 Å². The van der Waals surface area contributed by atoms with Crippen molar-refractivity contribution in [2.75, 3.05) is 11.9 Å². The Balaban J connectivity index is 2.04. The number of aromatic carboxylic acids is 1. The molecule has 6 nitrogen and oxygen atoms in total. The van der Waals surface area contributed by atoms with Crippen molar-refractivity contribution in [3.63, 3.8) is 0 Å². The van der Waals surface area contributed by atoms with E-state index in [-0.39, 0.29) is 23.7 Å². The van der Waals surface area contributed by atoms with E-state index in [2.05, 4.69) is 5.32 Å². The summed E-state index contributed by atoms with van der Waals surface area (Å²) in [7, 11) is 0. The highest BCUT2D eigenvalue weighted by molar-refractivity contribution is 5.97. The lowest BCUT2D eigenvalue weighted by Crippen LogP contribution is -2.21. The van der Waals surface area contributed by atoms with E-state index < -0.39 is 11.9 Å². The Kier molecular flexibility index (Phi) is 5.31.